The second-order valence-corrected chi connectivity index (χ2v) is 10.5. The molecule has 148 valence electrons. The fourth-order valence-corrected chi connectivity index (χ4v) is 6.23. The van der Waals surface area contributed by atoms with E-state index in [0.29, 0.717) is 18.0 Å². The molecule has 2 aromatic carbocycles. The van der Waals surface area contributed by atoms with E-state index in [1.807, 2.05) is 12.1 Å². The molecule has 2 aliphatic rings. The Morgan fingerprint density at radius 3 is 2.75 bits per heavy atom. The number of halogens is 2. The average molecular weight is 482 g/mol. The molecule has 1 aliphatic carbocycles. The van der Waals surface area contributed by atoms with E-state index in [-0.39, 0.29) is 16.4 Å². The lowest BCUT2D eigenvalue weighted by molar-refractivity contribution is 0.344. The van der Waals surface area contributed by atoms with Crippen molar-refractivity contribution in [1.29, 1.82) is 0 Å². The van der Waals surface area contributed by atoms with E-state index in [1.54, 1.807) is 12.1 Å². The maximum atomic E-state index is 12.7. The van der Waals surface area contributed by atoms with Gasteiger partial charge in [0.25, 0.3) is 0 Å². The monoisotopic (exact) mass is 480 g/mol. The van der Waals surface area contributed by atoms with Crippen LogP contribution in [0.2, 0.25) is 5.02 Å². The Kier molecular flexibility index (Phi) is 5.33. The van der Waals surface area contributed by atoms with Gasteiger partial charge in [-0.05, 0) is 77.5 Å². The van der Waals surface area contributed by atoms with Crippen molar-refractivity contribution < 1.29 is 8.42 Å². The first-order valence-corrected chi connectivity index (χ1v) is 12.0. The molecule has 0 saturated heterocycles. The zero-order valence-electron chi connectivity index (χ0n) is 15.3. The molecule has 4 rings (SSSR count). The summed E-state index contributed by atoms with van der Waals surface area (Å²) >= 11 is 9.52. The summed E-state index contributed by atoms with van der Waals surface area (Å²) < 4.78 is 29.1. The van der Waals surface area contributed by atoms with Crippen LogP contribution in [0, 0.1) is 0 Å². The number of anilines is 1. The van der Waals surface area contributed by atoms with Crippen LogP contribution in [-0.2, 0) is 15.4 Å². The topological polar surface area (TPSA) is 58.2 Å². The van der Waals surface area contributed by atoms with Crippen molar-refractivity contribution in [2.75, 3.05) is 11.9 Å². The molecule has 0 bridgehead atoms. The van der Waals surface area contributed by atoms with Gasteiger partial charge in [-0.25, -0.2) is 13.1 Å². The van der Waals surface area contributed by atoms with E-state index in [0.717, 1.165) is 29.4 Å². The number of benzene rings is 2. The van der Waals surface area contributed by atoms with Gasteiger partial charge in [0.15, 0.2) is 0 Å². The van der Waals surface area contributed by atoms with Gasteiger partial charge < -0.3 is 5.32 Å². The molecule has 7 heteroatoms. The quantitative estimate of drug-likeness (QED) is 0.574. The first-order chi connectivity index (χ1) is 13.3. The van der Waals surface area contributed by atoms with Crippen LogP contribution in [0.3, 0.4) is 0 Å². The van der Waals surface area contributed by atoms with Crippen molar-refractivity contribution in [2.24, 2.45) is 0 Å². The minimum Gasteiger partial charge on any atom is -0.380 e. The Bertz CT molecular complexity index is 1020. The molecule has 0 spiro atoms. The van der Waals surface area contributed by atoms with Crippen LogP contribution in [0.25, 0.3) is 0 Å². The number of nitrogens with one attached hydrogen (secondary N) is 2. The summed E-state index contributed by atoms with van der Waals surface area (Å²) in [5.74, 6) is 0. The molecule has 0 unspecified atom stereocenters. The summed E-state index contributed by atoms with van der Waals surface area (Å²) in [6.07, 6.45) is 3.78. The van der Waals surface area contributed by atoms with Crippen LogP contribution in [0.15, 0.2) is 64.0 Å². The third kappa shape index (κ3) is 3.30. The summed E-state index contributed by atoms with van der Waals surface area (Å²) in [5.41, 5.74) is 3.25. The SMILES string of the molecule is C=C1CCC[C@@H]2Nc3c(Br)cccc3[C@]12CCNS(=O)(=O)c1ccc(Cl)cc1. The molecule has 2 aromatic rings. The highest BCUT2D eigenvalue weighted by atomic mass is 79.9. The number of sulfonamides is 1. The molecule has 2 atom stereocenters. The molecule has 1 saturated carbocycles. The second kappa shape index (κ2) is 7.48. The molecule has 1 heterocycles. The van der Waals surface area contributed by atoms with E-state index in [2.05, 4.69) is 38.6 Å². The lowest BCUT2D eigenvalue weighted by Crippen LogP contribution is -2.45. The third-order valence-electron chi connectivity index (χ3n) is 5.95. The van der Waals surface area contributed by atoms with Crippen LogP contribution in [0.1, 0.15) is 31.2 Å². The van der Waals surface area contributed by atoms with Crippen LogP contribution >= 0.6 is 27.5 Å². The summed E-state index contributed by atoms with van der Waals surface area (Å²) in [4.78, 5) is 0.223. The maximum absolute atomic E-state index is 12.7. The lowest BCUT2D eigenvalue weighted by Gasteiger charge is -2.42. The lowest BCUT2D eigenvalue weighted by atomic mass is 9.63. The normalized spacial score (nSPS) is 23.8. The molecule has 4 nitrogen and oxygen atoms in total. The van der Waals surface area contributed by atoms with Crippen molar-refractivity contribution in [2.45, 2.75) is 42.0 Å². The van der Waals surface area contributed by atoms with E-state index >= 15 is 0 Å². The van der Waals surface area contributed by atoms with Gasteiger partial charge in [-0.1, -0.05) is 35.9 Å². The third-order valence-corrected chi connectivity index (χ3v) is 8.34. The van der Waals surface area contributed by atoms with Crippen molar-refractivity contribution in [1.82, 2.24) is 4.72 Å². The van der Waals surface area contributed by atoms with Crippen molar-refractivity contribution in [3.8, 4) is 0 Å². The number of hydrogen-bond donors (Lipinski definition) is 2. The zero-order chi connectivity index (χ0) is 19.9. The maximum Gasteiger partial charge on any atom is 0.240 e. The summed E-state index contributed by atoms with van der Waals surface area (Å²) in [6, 6.07) is 12.7. The highest BCUT2D eigenvalue weighted by Crippen LogP contribution is 2.54. The fourth-order valence-electron chi connectivity index (χ4n) is 4.59. The minimum atomic E-state index is -3.58. The van der Waals surface area contributed by atoms with E-state index < -0.39 is 10.0 Å². The standard InChI is InChI=1S/C21H22BrClN2O2S/c1-14-4-2-7-19-21(14,17-5-3-6-18(22)20(17)25-19)12-13-24-28(26,27)16-10-8-15(23)9-11-16/h3,5-6,8-11,19,24-25H,1-2,4,7,12-13H2/t19-,21-/m0/s1. The number of para-hydroxylation sites is 1. The molecular weight excluding hydrogens is 460 g/mol. The molecule has 28 heavy (non-hydrogen) atoms. The largest absolute Gasteiger partial charge is 0.380 e. The van der Waals surface area contributed by atoms with Gasteiger partial charge in [0.2, 0.25) is 10.0 Å². The van der Waals surface area contributed by atoms with E-state index in [9.17, 15) is 8.42 Å². The van der Waals surface area contributed by atoms with Gasteiger partial charge in [0, 0.05) is 27.5 Å². The zero-order valence-corrected chi connectivity index (χ0v) is 18.5. The molecule has 2 N–H and O–H groups in total. The Labute approximate surface area is 179 Å². The predicted octanol–water partition coefficient (Wildman–Crippen LogP) is 5.24. The van der Waals surface area contributed by atoms with Gasteiger partial charge in [-0.2, -0.15) is 0 Å². The molecular formula is C21H22BrClN2O2S. The Morgan fingerprint density at radius 2 is 2.00 bits per heavy atom. The highest BCUT2D eigenvalue weighted by molar-refractivity contribution is 9.10. The smallest absolute Gasteiger partial charge is 0.240 e. The van der Waals surface area contributed by atoms with E-state index in [1.165, 1.54) is 23.3 Å². The first-order valence-electron chi connectivity index (χ1n) is 9.33. The second-order valence-electron chi connectivity index (χ2n) is 7.43. The highest BCUT2D eigenvalue weighted by Gasteiger charge is 2.50. The van der Waals surface area contributed by atoms with Crippen LogP contribution in [-0.4, -0.2) is 21.0 Å². The first kappa shape index (κ1) is 20.0. The Balaban J connectivity index is 1.60. The summed E-state index contributed by atoms with van der Waals surface area (Å²) in [7, 11) is -3.58. The van der Waals surface area contributed by atoms with Gasteiger partial charge in [-0.15, -0.1) is 0 Å². The van der Waals surface area contributed by atoms with Crippen LogP contribution in [0.4, 0.5) is 5.69 Å². The van der Waals surface area contributed by atoms with Gasteiger partial charge >= 0.3 is 0 Å². The Morgan fingerprint density at radius 1 is 1.25 bits per heavy atom. The predicted molar refractivity (Wildman–Crippen MR) is 117 cm³/mol. The summed E-state index contributed by atoms with van der Waals surface area (Å²) in [6.45, 7) is 4.73. The number of fused-ring (bicyclic) bond motifs is 3. The van der Waals surface area contributed by atoms with Crippen molar-refractivity contribution in [3.63, 3.8) is 0 Å². The van der Waals surface area contributed by atoms with E-state index in [4.69, 9.17) is 11.6 Å². The summed E-state index contributed by atoms with van der Waals surface area (Å²) in [5, 5.41) is 4.17. The molecule has 0 aromatic heterocycles. The minimum absolute atomic E-state index is 0.223. The van der Waals surface area contributed by atoms with Crippen molar-refractivity contribution in [3.05, 3.63) is 69.7 Å². The van der Waals surface area contributed by atoms with Gasteiger partial charge in [0.1, 0.15) is 0 Å². The van der Waals surface area contributed by atoms with Crippen molar-refractivity contribution >= 4 is 43.2 Å². The fraction of sp³-hybridized carbons (Fsp3) is 0.333. The number of rotatable bonds is 5. The van der Waals surface area contributed by atoms with Crippen LogP contribution < -0.4 is 10.0 Å². The molecule has 1 aliphatic heterocycles. The average Bonchev–Trinajstić information content (AvgIpc) is 2.99. The number of hydrogen-bond acceptors (Lipinski definition) is 3. The van der Waals surface area contributed by atoms with Gasteiger partial charge in [0.05, 0.1) is 10.6 Å². The Hall–Kier alpha value is -1.34. The molecule has 0 radical (unpaired) electrons. The van der Waals surface area contributed by atoms with Gasteiger partial charge in [-0.3, -0.25) is 0 Å². The van der Waals surface area contributed by atoms with Crippen LogP contribution in [0.5, 0.6) is 0 Å². The molecule has 1 fully saturated rings. The molecule has 0 amide bonds.